The van der Waals surface area contributed by atoms with Gasteiger partial charge in [0.1, 0.15) is 10.7 Å². The summed E-state index contributed by atoms with van der Waals surface area (Å²) in [5, 5.41) is 8.32. The maximum absolute atomic E-state index is 11.8. The van der Waals surface area contributed by atoms with E-state index in [2.05, 4.69) is 20.2 Å². The number of hydrogen-bond donors (Lipinski definition) is 4. The zero-order valence-electron chi connectivity index (χ0n) is 9.52. The van der Waals surface area contributed by atoms with Gasteiger partial charge in [0.2, 0.25) is 15.9 Å². The molecule has 1 unspecified atom stereocenters. The van der Waals surface area contributed by atoms with Gasteiger partial charge in [-0.2, -0.15) is 9.82 Å². The predicted octanol–water partition coefficient (Wildman–Crippen LogP) is -1.21. The molecule has 8 nitrogen and oxygen atoms in total. The number of hydrogen-bond acceptors (Lipinski definition) is 5. The van der Waals surface area contributed by atoms with Crippen LogP contribution in [-0.4, -0.2) is 37.1 Å². The number of aromatic nitrogens is 2. The number of nitrogens with zero attached hydrogens (tertiary/aromatic N) is 1. The van der Waals surface area contributed by atoms with Crippen molar-refractivity contribution in [3.05, 3.63) is 6.20 Å². The highest BCUT2D eigenvalue weighted by atomic mass is 32.2. The molecule has 0 saturated heterocycles. The number of nitrogen functional groups attached to an aromatic ring is 1. The number of nitrogens with two attached hydrogens (primary N) is 1. The van der Waals surface area contributed by atoms with Crippen LogP contribution in [0.15, 0.2) is 11.1 Å². The Morgan fingerprint density at radius 2 is 2.29 bits per heavy atom. The van der Waals surface area contributed by atoms with Crippen molar-refractivity contribution in [3.63, 3.8) is 0 Å². The van der Waals surface area contributed by atoms with Crippen LogP contribution < -0.4 is 15.8 Å². The molecule has 1 atom stereocenters. The Morgan fingerprint density at radius 3 is 2.76 bits per heavy atom. The van der Waals surface area contributed by atoms with E-state index in [1.165, 1.54) is 6.92 Å². The summed E-state index contributed by atoms with van der Waals surface area (Å²) in [6.45, 7) is 3.62. The number of anilines is 1. The Kier molecular flexibility index (Phi) is 4.07. The molecule has 0 saturated carbocycles. The van der Waals surface area contributed by atoms with Crippen molar-refractivity contribution >= 4 is 21.7 Å². The SMILES string of the molecule is CCNC(=O)C(C)NS(=O)(=O)c1cn[nH]c1N. The number of nitrogens with one attached hydrogen (secondary N) is 3. The molecule has 5 N–H and O–H groups in total. The van der Waals surface area contributed by atoms with Gasteiger partial charge in [0.15, 0.2) is 0 Å². The van der Waals surface area contributed by atoms with Gasteiger partial charge >= 0.3 is 0 Å². The molecule has 1 heterocycles. The van der Waals surface area contributed by atoms with Gasteiger partial charge in [-0.25, -0.2) is 8.42 Å². The summed E-state index contributed by atoms with van der Waals surface area (Å²) < 4.78 is 25.8. The lowest BCUT2D eigenvalue weighted by Crippen LogP contribution is -2.44. The third-order valence-corrected chi connectivity index (χ3v) is 3.57. The zero-order chi connectivity index (χ0) is 13.1. The summed E-state index contributed by atoms with van der Waals surface area (Å²) in [6, 6.07) is -0.880. The number of carbonyl (C=O) groups is 1. The van der Waals surface area contributed by atoms with Gasteiger partial charge in [-0.05, 0) is 13.8 Å². The second-order valence-electron chi connectivity index (χ2n) is 3.39. The van der Waals surface area contributed by atoms with Crippen LogP contribution in [0, 0.1) is 0 Å². The summed E-state index contributed by atoms with van der Waals surface area (Å²) in [6.07, 6.45) is 1.09. The van der Waals surface area contributed by atoms with Crippen molar-refractivity contribution in [1.29, 1.82) is 0 Å². The van der Waals surface area contributed by atoms with E-state index >= 15 is 0 Å². The molecule has 0 aliphatic heterocycles. The average Bonchev–Trinajstić information content (AvgIpc) is 2.64. The van der Waals surface area contributed by atoms with Crippen molar-refractivity contribution in [1.82, 2.24) is 20.2 Å². The van der Waals surface area contributed by atoms with Gasteiger partial charge in [-0.3, -0.25) is 9.89 Å². The number of amides is 1. The van der Waals surface area contributed by atoms with Gasteiger partial charge in [0.05, 0.1) is 12.2 Å². The van der Waals surface area contributed by atoms with Crippen molar-refractivity contribution in [3.8, 4) is 0 Å². The molecule has 0 radical (unpaired) electrons. The third-order valence-electron chi connectivity index (χ3n) is 2.00. The molecule has 96 valence electrons. The van der Waals surface area contributed by atoms with E-state index in [-0.39, 0.29) is 10.7 Å². The first-order valence-electron chi connectivity index (χ1n) is 4.97. The monoisotopic (exact) mass is 261 g/mol. The van der Waals surface area contributed by atoms with Crippen LogP contribution in [0.3, 0.4) is 0 Å². The molecule has 0 aliphatic rings. The lowest BCUT2D eigenvalue weighted by molar-refractivity contribution is -0.122. The van der Waals surface area contributed by atoms with Crippen LogP contribution in [0.4, 0.5) is 5.82 Å². The van der Waals surface area contributed by atoms with Gasteiger partial charge < -0.3 is 11.1 Å². The zero-order valence-corrected chi connectivity index (χ0v) is 10.3. The molecule has 0 bridgehead atoms. The number of aromatic amines is 1. The van der Waals surface area contributed by atoms with E-state index in [4.69, 9.17) is 5.73 Å². The predicted molar refractivity (Wildman–Crippen MR) is 61.5 cm³/mol. The van der Waals surface area contributed by atoms with E-state index in [0.29, 0.717) is 6.54 Å². The molecule has 9 heteroatoms. The Hall–Kier alpha value is -1.61. The first-order chi connectivity index (χ1) is 7.88. The number of rotatable bonds is 5. The van der Waals surface area contributed by atoms with Crippen molar-refractivity contribution in [2.24, 2.45) is 0 Å². The highest BCUT2D eigenvalue weighted by Crippen LogP contribution is 2.13. The van der Waals surface area contributed by atoms with Crippen molar-refractivity contribution in [2.75, 3.05) is 12.3 Å². The Morgan fingerprint density at radius 1 is 1.65 bits per heavy atom. The third kappa shape index (κ3) is 3.17. The fourth-order valence-corrected chi connectivity index (χ4v) is 2.40. The highest BCUT2D eigenvalue weighted by molar-refractivity contribution is 7.89. The van der Waals surface area contributed by atoms with E-state index in [1.54, 1.807) is 6.92 Å². The molecular formula is C8H15N5O3S. The van der Waals surface area contributed by atoms with E-state index < -0.39 is 22.0 Å². The van der Waals surface area contributed by atoms with Crippen LogP contribution in [0.1, 0.15) is 13.8 Å². The van der Waals surface area contributed by atoms with E-state index in [0.717, 1.165) is 6.20 Å². The quantitative estimate of drug-likeness (QED) is 0.528. The molecule has 0 spiro atoms. The number of H-pyrrole nitrogens is 1. The lowest BCUT2D eigenvalue weighted by atomic mass is 10.3. The van der Waals surface area contributed by atoms with Crippen LogP contribution in [0.25, 0.3) is 0 Å². The fraction of sp³-hybridized carbons (Fsp3) is 0.500. The minimum absolute atomic E-state index is 0.0689. The Balaban J connectivity index is 2.81. The second-order valence-corrected chi connectivity index (χ2v) is 5.07. The van der Waals surface area contributed by atoms with Crippen LogP contribution in [0.2, 0.25) is 0 Å². The number of carbonyl (C=O) groups excluding carboxylic acids is 1. The minimum atomic E-state index is -3.84. The Labute approximate surface area is 99.0 Å². The molecule has 1 rings (SSSR count). The summed E-state index contributed by atoms with van der Waals surface area (Å²) in [5.74, 6) is -0.473. The van der Waals surface area contributed by atoms with Crippen molar-refractivity contribution in [2.45, 2.75) is 24.8 Å². The van der Waals surface area contributed by atoms with Gasteiger partial charge in [-0.1, -0.05) is 0 Å². The average molecular weight is 261 g/mol. The highest BCUT2D eigenvalue weighted by Gasteiger charge is 2.24. The normalized spacial score (nSPS) is 13.3. The molecule has 0 aliphatic carbocycles. The standard InChI is InChI=1S/C8H15N5O3S/c1-3-10-8(14)5(2)13-17(15,16)6-4-11-12-7(6)9/h4-5,13H,3H2,1-2H3,(H,10,14)(H3,9,11,12). The first kappa shape index (κ1) is 13.5. The Bertz CT molecular complexity index is 495. The van der Waals surface area contributed by atoms with Crippen LogP contribution >= 0.6 is 0 Å². The van der Waals surface area contributed by atoms with E-state index in [1.807, 2.05) is 0 Å². The molecule has 17 heavy (non-hydrogen) atoms. The summed E-state index contributed by atoms with van der Waals surface area (Å²) in [7, 11) is -3.84. The summed E-state index contributed by atoms with van der Waals surface area (Å²) in [4.78, 5) is 11.2. The largest absolute Gasteiger partial charge is 0.383 e. The van der Waals surface area contributed by atoms with Crippen LogP contribution in [0.5, 0.6) is 0 Å². The van der Waals surface area contributed by atoms with Gasteiger partial charge in [0.25, 0.3) is 0 Å². The van der Waals surface area contributed by atoms with Gasteiger partial charge in [-0.15, -0.1) is 0 Å². The first-order valence-corrected chi connectivity index (χ1v) is 6.45. The maximum atomic E-state index is 11.8. The number of sulfonamides is 1. The topological polar surface area (TPSA) is 130 Å². The number of likely N-dealkylation sites (N-methyl/N-ethyl adjacent to an activating group) is 1. The lowest BCUT2D eigenvalue weighted by Gasteiger charge is -2.12. The summed E-state index contributed by atoms with van der Waals surface area (Å²) >= 11 is 0. The summed E-state index contributed by atoms with van der Waals surface area (Å²) in [5.41, 5.74) is 5.40. The smallest absolute Gasteiger partial charge is 0.246 e. The van der Waals surface area contributed by atoms with E-state index in [9.17, 15) is 13.2 Å². The molecule has 1 aromatic heterocycles. The maximum Gasteiger partial charge on any atom is 0.246 e. The molecule has 1 amide bonds. The molecule has 0 aromatic carbocycles. The minimum Gasteiger partial charge on any atom is -0.383 e. The molecule has 1 aromatic rings. The molecule has 0 fully saturated rings. The fourth-order valence-electron chi connectivity index (χ4n) is 1.18. The van der Waals surface area contributed by atoms with Crippen LogP contribution in [-0.2, 0) is 14.8 Å². The second kappa shape index (κ2) is 5.15. The van der Waals surface area contributed by atoms with Crippen molar-refractivity contribution < 1.29 is 13.2 Å². The van der Waals surface area contributed by atoms with Gasteiger partial charge in [0, 0.05) is 6.54 Å². The molecular weight excluding hydrogens is 246 g/mol.